The van der Waals surface area contributed by atoms with Crippen LogP contribution < -0.4 is 10.2 Å². The average Bonchev–Trinajstić information content (AvgIpc) is 2.47. The summed E-state index contributed by atoms with van der Waals surface area (Å²) in [7, 11) is 1.98. The predicted molar refractivity (Wildman–Crippen MR) is 90.0 cm³/mol. The van der Waals surface area contributed by atoms with E-state index in [1.54, 1.807) is 12.1 Å². The second-order valence-corrected chi connectivity index (χ2v) is 5.90. The molecule has 2 aromatic carbocycles. The summed E-state index contributed by atoms with van der Waals surface area (Å²) in [5, 5.41) is 3.22. The molecule has 2 nitrogen and oxygen atoms in total. The van der Waals surface area contributed by atoms with Crippen molar-refractivity contribution in [3.8, 4) is 0 Å². The number of benzene rings is 2. The van der Waals surface area contributed by atoms with Gasteiger partial charge in [-0.1, -0.05) is 41.1 Å². The fraction of sp³-hybridized carbons (Fsp3) is 0.294. The van der Waals surface area contributed by atoms with Crippen molar-refractivity contribution in [3.63, 3.8) is 0 Å². The summed E-state index contributed by atoms with van der Waals surface area (Å²) in [5.74, 6) is -0.195. The molecule has 0 unspecified atom stereocenters. The van der Waals surface area contributed by atoms with E-state index in [0.717, 1.165) is 28.8 Å². The van der Waals surface area contributed by atoms with E-state index in [4.69, 9.17) is 0 Å². The lowest BCUT2D eigenvalue weighted by atomic mass is 10.1. The molecule has 0 radical (unpaired) electrons. The Balaban J connectivity index is 2.16. The molecule has 112 valence electrons. The summed E-state index contributed by atoms with van der Waals surface area (Å²) >= 11 is 3.55. The van der Waals surface area contributed by atoms with Gasteiger partial charge in [0.25, 0.3) is 0 Å². The molecule has 0 fully saturated rings. The van der Waals surface area contributed by atoms with Gasteiger partial charge in [0.05, 0.1) is 0 Å². The van der Waals surface area contributed by atoms with Gasteiger partial charge in [0.1, 0.15) is 5.82 Å². The van der Waals surface area contributed by atoms with Gasteiger partial charge in [0, 0.05) is 30.3 Å². The normalized spacial score (nSPS) is 10.7. The minimum atomic E-state index is -0.195. The maximum absolute atomic E-state index is 13.8. The maximum atomic E-state index is 13.8. The molecule has 0 atom stereocenters. The molecule has 0 heterocycles. The van der Waals surface area contributed by atoms with E-state index >= 15 is 0 Å². The minimum Gasteiger partial charge on any atom is -0.370 e. The molecule has 2 aromatic rings. The van der Waals surface area contributed by atoms with Crippen molar-refractivity contribution in [2.75, 3.05) is 18.5 Å². The predicted octanol–water partition coefficient (Wildman–Crippen LogP) is 4.33. The Hall–Kier alpha value is -1.39. The summed E-state index contributed by atoms with van der Waals surface area (Å²) in [4.78, 5) is 2.05. The molecule has 0 aliphatic carbocycles. The van der Waals surface area contributed by atoms with Crippen LogP contribution in [0.25, 0.3) is 0 Å². The topological polar surface area (TPSA) is 15.3 Å². The largest absolute Gasteiger partial charge is 0.370 e. The summed E-state index contributed by atoms with van der Waals surface area (Å²) in [6.45, 7) is 4.33. The number of rotatable bonds is 6. The molecular formula is C17H20BrFN2. The van der Waals surface area contributed by atoms with Gasteiger partial charge < -0.3 is 10.2 Å². The lowest BCUT2D eigenvalue weighted by molar-refractivity contribution is 0.621. The molecule has 0 spiro atoms. The third kappa shape index (κ3) is 4.55. The SMILES string of the molecule is CCNCc1cc(F)cc(N(C)Cc2ccccc2Br)c1. The van der Waals surface area contributed by atoms with Gasteiger partial charge in [-0.25, -0.2) is 4.39 Å². The highest BCUT2D eigenvalue weighted by Gasteiger charge is 2.08. The van der Waals surface area contributed by atoms with Crippen LogP contribution >= 0.6 is 15.9 Å². The van der Waals surface area contributed by atoms with E-state index in [1.165, 1.54) is 5.56 Å². The van der Waals surface area contributed by atoms with Crippen LogP contribution in [0.5, 0.6) is 0 Å². The average molecular weight is 351 g/mol. The van der Waals surface area contributed by atoms with Crippen LogP contribution in [0, 0.1) is 5.82 Å². The van der Waals surface area contributed by atoms with Crippen LogP contribution in [0.15, 0.2) is 46.9 Å². The molecular weight excluding hydrogens is 331 g/mol. The first-order valence-electron chi connectivity index (χ1n) is 7.05. The zero-order valence-electron chi connectivity index (χ0n) is 12.4. The van der Waals surface area contributed by atoms with Gasteiger partial charge in [-0.15, -0.1) is 0 Å². The Morgan fingerprint density at radius 2 is 1.95 bits per heavy atom. The maximum Gasteiger partial charge on any atom is 0.125 e. The van der Waals surface area contributed by atoms with Crippen molar-refractivity contribution in [1.29, 1.82) is 0 Å². The van der Waals surface area contributed by atoms with Gasteiger partial charge in [-0.3, -0.25) is 0 Å². The van der Waals surface area contributed by atoms with Crippen LogP contribution in [-0.4, -0.2) is 13.6 Å². The summed E-state index contributed by atoms with van der Waals surface area (Å²) < 4.78 is 14.8. The third-order valence-electron chi connectivity index (χ3n) is 3.33. The monoisotopic (exact) mass is 350 g/mol. The Morgan fingerprint density at radius 3 is 2.67 bits per heavy atom. The quantitative estimate of drug-likeness (QED) is 0.833. The lowest BCUT2D eigenvalue weighted by Crippen LogP contribution is -2.18. The molecule has 0 amide bonds. The Morgan fingerprint density at radius 1 is 1.19 bits per heavy atom. The van der Waals surface area contributed by atoms with Crippen molar-refractivity contribution in [2.45, 2.75) is 20.0 Å². The second-order valence-electron chi connectivity index (χ2n) is 5.05. The number of halogens is 2. The van der Waals surface area contributed by atoms with E-state index in [-0.39, 0.29) is 5.82 Å². The number of nitrogens with zero attached hydrogens (tertiary/aromatic N) is 1. The first-order valence-corrected chi connectivity index (χ1v) is 7.84. The number of anilines is 1. The van der Waals surface area contributed by atoms with Crippen molar-refractivity contribution < 1.29 is 4.39 Å². The molecule has 0 bridgehead atoms. The Bertz CT molecular complexity index is 601. The fourth-order valence-electron chi connectivity index (χ4n) is 2.20. The second kappa shape index (κ2) is 7.57. The summed E-state index contributed by atoms with van der Waals surface area (Å²) in [5.41, 5.74) is 3.03. The van der Waals surface area contributed by atoms with E-state index in [9.17, 15) is 4.39 Å². The first-order chi connectivity index (χ1) is 10.1. The van der Waals surface area contributed by atoms with Crippen molar-refractivity contribution in [2.24, 2.45) is 0 Å². The van der Waals surface area contributed by atoms with E-state index in [2.05, 4.69) is 32.2 Å². The van der Waals surface area contributed by atoms with Crippen molar-refractivity contribution >= 4 is 21.6 Å². The number of nitrogens with one attached hydrogen (secondary N) is 1. The zero-order valence-corrected chi connectivity index (χ0v) is 14.0. The van der Waals surface area contributed by atoms with Crippen LogP contribution in [0.2, 0.25) is 0 Å². The molecule has 0 aliphatic heterocycles. The van der Waals surface area contributed by atoms with Gasteiger partial charge in [-0.2, -0.15) is 0 Å². The molecule has 4 heteroatoms. The molecule has 0 aromatic heterocycles. The Labute approximate surface area is 134 Å². The van der Waals surface area contributed by atoms with Crippen LogP contribution in [0.1, 0.15) is 18.1 Å². The van der Waals surface area contributed by atoms with Crippen molar-refractivity contribution in [3.05, 3.63) is 63.9 Å². The molecule has 1 N–H and O–H groups in total. The van der Waals surface area contributed by atoms with E-state index in [1.807, 2.05) is 38.2 Å². The van der Waals surface area contributed by atoms with E-state index < -0.39 is 0 Å². The summed E-state index contributed by atoms with van der Waals surface area (Å²) in [6, 6.07) is 13.3. The van der Waals surface area contributed by atoms with E-state index in [0.29, 0.717) is 6.54 Å². The minimum absolute atomic E-state index is 0.195. The smallest absolute Gasteiger partial charge is 0.125 e. The first kappa shape index (κ1) is 16.0. The highest BCUT2D eigenvalue weighted by Crippen LogP contribution is 2.22. The molecule has 21 heavy (non-hydrogen) atoms. The van der Waals surface area contributed by atoms with Gasteiger partial charge >= 0.3 is 0 Å². The highest BCUT2D eigenvalue weighted by molar-refractivity contribution is 9.10. The molecule has 0 saturated heterocycles. The summed E-state index contributed by atoms with van der Waals surface area (Å²) in [6.07, 6.45) is 0. The Kier molecular flexibility index (Phi) is 5.76. The number of hydrogen-bond acceptors (Lipinski definition) is 2. The van der Waals surface area contributed by atoms with Crippen molar-refractivity contribution in [1.82, 2.24) is 5.32 Å². The molecule has 0 aliphatic rings. The zero-order chi connectivity index (χ0) is 15.2. The van der Waals surface area contributed by atoms with Crippen LogP contribution in [0.4, 0.5) is 10.1 Å². The highest BCUT2D eigenvalue weighted by atomic mass is 79.9. The van der Waals surface area contributed by atoms with Crippen LogP contribution in [-0.2, 0) is 13.1 Å². The lowest BCUT2D eigenvalue weighted by Gasteiger charge is -2.21. The fourth-order valence-corrected chi connectivity index (χ4v) is 2.61. The number of hydrogen-bond donors (Lipinski definition) is 1. The van der Waals surface area contributed by atoms with Gasteiger partial charge in [0.2, 0.25) is 0 Å². The van der Waals surface area contributed by atoms with Gasteiger partial charge in [-0.05, 0) is 41.9 Å². The third-order valence-corrected chi connectivity index (χ3v) is 4.10. The van der Waals surface area contributed by atoms with Gasteiger partial charge in [0.15, 0.2) is 0 Å². The molecule has 2 rings (SSSR count). The molecule has 0 saturated carbocycles. The standard InChI is InChI=1S/C17H20BrFN2/c1-3-20-11-13-8-15(19)10-16(9-13)21(2)12-14-6-4-5-7-17(14)18/h4-10,20H,3,11-12H2,1-2H3. The van der Waals surface area contributed by atoms with Crippen LogP contribution in [0.3, 0.4) is 0 Å².